The Hall–Kier alpha value is -3.35. The van der Waals surface area contributed by atoms with Crippen LogP contribution in [0.1, 0.15) is 68.4 Å². The summed E-state index contributed by atoms with van der Waals surface area (Å²) in [7, 11) is 0. The maximum absolute atomic E-state index is 13.1. The summed E-state index contributed by atoms with van der Waals surface area (Å²) in [6.45, 7) is 0.214. The second kappa shape index (κ2) is 9.72. The highest BCUT2D eigenvalue weighted by atomic mass is 16.5. The van der Waals surface area contributed by atoms with Crippen molar-refractivity contribution in [3.8, 4) is 11.1 Å². The molecule has 2 unspecified atom stereocenters. The van der Waals surface area contributed by atoms with Crippen LogP contribution in [0.15, 0.2) is 48.5 Å². The van der Waals surface area contributed by atoms with E-state index in [2.05, 4.69) is 34.9 Å². The molecule has 0 aliphatic heterocycles. The summed E-state index contributed by atoms with van der Waals surface area (Å²) in [4.78, 5) is 37.8. The second-order valence-corrected chi connectivity index (χ2v) is 10.1. The first-order valence-electron chi connectivity index (χ1n) is 12.7. The van der Waals surface area contributed by atoms with Crippen molar-refractivity contribution in [2.24, 2.45) is 5.92 Å². The lowest BCUT2D eigenvalue weighted by Crippen LogP contribution is -2.57. The van der Waals surface area contributed by atoms with Crippen LogP contribution in [0, 0.1) is 5.92 Å². The Morgan fingerprint density at radius 2 is 1.49 bits per heavy atom. The largest absolute Gasteiger partial charge is 0.480 e. The molecule has 0 saturated heterocycles. The van der Waals surface area contributed by atoms with Gasteiger partial charge in [-0.1, -0.05) is 74.2 Å². The molecule has 0 spiro atoms. The third-order valence-electron chi connectivity index (χ3n) is 7.98. The zero-order valence-corrected chi connectivity index (χ0v) is 19.8. The lowest BCUT2D eigenvalue weighted by Gasteiger charge is -2.34. The van der Waals surface area contributed by atoms with E-state index in [0.29, 0.717) is 25.7 Å². The Morgan fingerprint density at radius 1 is 0.886 bits per heavy atom. The topological polar surface area (TPSA) is 105 Å². The SMILES string of the molecule is O=C(NC1CCCCC1C(=O)NC1(C(=O)O)CCCC1)OCC1c2ccccc2-c2ccccc21. The Bertz CT molecular complexity index is 1080. The average molecular weight is 477 g/mol. The second-order valence-electron chi connectivity index (χ2n) is 10.1. The summed E-state index contributed by atoms with van der Waals surface area (Å²) in [6, 6.07) is 16.0. The Balaban J connectivity index is 1.23. The van der Waals surface area contributed by atoms with Gasteiger partial charge in [0.05, 0.1) is 5.92 Å². The molecule has 2 aromatic rings. The van der Waals surface area contributed by atoms with Crippen molar-refractivity contribution in [1.29, 1.82) is 0 Å². The van der Waals surface area contributed by atoms with Crippen LogP contribution in [0.25, 0.3) is 11.1 Å². The first kappa shape index (κ1) is 23.4. The van der Waals surface area contributed by atoms with Crippen molar-refractivity contribution in [3.05, 3.63) is 59.7 Å². The predicted molar refractivity (Wildman–Crippen MR) is 131 cm³/mol. The number of carbonyl (C=O) groups is 3. The summed E-state index contributed by atoms with van der Waals surface area (Å²) < 4.78 is 5.69. The zero-order chi connectivity index (χ0) is 24.4. The molecule has 5 rings (SSSR count). The molecule has 0 aromatic heterocycles. The third kappa shape index (κ3) is 4.51. The van der Waals surface area contributed by atoms with E-state index in [1.54, 1.807) is 0 Å². The first-order chi connectivity index (χ1) is 17.0. The van der Waals surface area contributed by atoms with E-state index >= 15 is 0 Å². The number of nitrogens with one attached hydrogen (secondary N) is 2. The van der Waals surface area contributed by atoms with Gasteiger partial charge in [-0.3, -0.25) is 4.79 Å². The van der Waals surface area contributed by atoms with Gasteiger partial charge in [0.15, 0.2) is 0 Å². The first-order valence-corrected chi connectivity index (χ1v) is 12.7. The number of aliphatic carboxylic acids is 1. The summed E-state index contributed by atoms with van der Waals surface area (Å²) in [5.74, 6) is -1.74. The number of rotatable bonds is 6. The summed E-state index contributed by atoms with van der Waals surface area (Å²) in [5.41, 5.74) is 3.45. The molecule has 0 radical (unpaired) electrons. The fourth-order valence-electron chi connectivity index (χ4n) is 6.11. The van der Waals surface area contributed by atoms with E-state index in [1.807, 2.05) is 24.3 Å². The molecule has 2 atom stereocenters. The van der Waals surface area contributed by atoms with Gasteiger partial charge in [0.2, 0.25) is 5.91 Å². The molecule has 3 aliphatic rings. The minimum absolute atomic E-state index is 0.0311. The van der Waals surface area contributed by atoms with Crippen LogP contribution in [0.5, 0.6) is 0 Å². The van der Waals surface area contributed by atoms with E-state index in [9.17, 15) is 19.5 Å². The molecule has 7 heteroatoms. The molecule has 35 heavy (non-hydrogen) atoms. The highest BCUT2D eigenvalue weighted by molar-refractivity contribution is 5.89. The van der Waals surface area contributed by atoms with Crippen LogP contribution in [0.2, 0.25) is 0 Å². The number of carbonyl (C=O) groups excluding carboxylic acids is 2. The van der Waals surface area contributed by atoms with E-state index in [-0.39, 0.29) is 24.5 Å². The van der Waals surface area contributed by atoms with E-state index < -0.39 is 23.5 Å². The van der Waals surface area contributed by atoms with Crippen LogP contribution in [-0.4, -0.2) is 41.3 Å². The van der Waals surface area contributed by atoms with Crippen molar-refractivity contribution >= 4 is 18.0 Å². The maximum atomic E-state index is 13.1. The molecule has 3 N–H and O–H groups in total. The van der Waals surface area contributed by atoms with Crippen molar-refractivity contribution < 1.29 is 24.2 Å². The summed E-state index contributed by atoms with van der Waals surface area (Å²) in [6.07, 6.45) is 5.01. The lowest BCUT2D eigenvalue weighted by molar-refractivity contribution is -0.148. The van der Waals surface area contributed by atoms with Crippen LogP contribution in [0.3, 0.4) is 0 Å². The van der Waals surface area contributed by atoms with Crippen LogP contribution >= 0.6 is 0 Å². The number of carboxylic acids is 1. The monoisotopic (exact) mass is 476 g/mol. The minimum atomic E-state index is -1.18. The highest BCUT2D eigenvalue weighted by Gasteiger charge is 2.45. The van der Waals surface area contributed by atoms with Gasteiger partial charge < -0.3 is 20.5 Å². The van der Waals surface area contributed by atoms with Gasteiger partial charge in [0, 0.05) is 12.0 Å². The molecular formula is C28H32N2O5. The van der Waals surface area contributed by atoms with Gasteiger partial charge in [0.25, 0.3) is 0 Å². The van der Waals surface area contributed by atoms with E-state index in [0.717, 1.165) is 36.8 Å². The fraction of sp³-hybridized carbons (Fsp3) is 0.464. The minimum Gasteiger partial charge on any atom is -0.480 e. The van der Waals surface area contributed by atoms with Crippen LogP contribution in [-0.2, 0) is 14.3 Å². The Kier molecular flexibility index (Phi) is 6.50. The molecule has 7 nitrogen and oxygen atoms in total. The number of hydrogen-bond acceptors (Lipinski definition) is 4. The highest BCUT2D eigenvalue weighted by Crippen LogP contribution is 2.44. The van der Waals surface area contributed by atoms with Gasteiger partial charge in [-0.2, -0.15) is 0 Å². The lowest BCUT2D eigenvalue weighted by atomic mass is 9.83. The molecule has 2 amide bonds. The number of fused-ring (bicyclic) bond motifs is 3. The molecule has 0 bridgehead atoms. The Morgan fingerprint density at radius 3 is 2.11 bits per heavy atom. The summed E-state index contributed by atoms with van der Waals surface area (Å²) >= 11 is 0. The van der Waals surface area contributed by atoms with Gasteiger partial charge in [-0.05, 0) is 47.9 Å². The zero-order valence-electron chi connectivity index (χ0n) is 19.8. The molecule has 2 fully saturated rings. The van der Waals surface area contributed by atoms with Crippen LogP contribution < -0.4 is 10.6 Å². The number of benzene rings is 2. The standard InChI is InChI=1S/C28H32N2O5/c31-25(30-28(26(32)33)15-7-8-16-28)22-13-5-6-14-24(22)29-27(34)35-17-23-20-11-3-1-9-18(20)19-10-2-4-12-21(19)23/h1-4,9-12,22-24H,5-8,13-17H2,(H,29,34)(H,30,31)(H,32,33). The molecule has 0 heterocycles. The number of carboxylic acid groups (broad SMARTS) is 1. The third-order valence-corrected chi connectivity index (χ3v) is 7.98. The normalized spacial score (nSPS) is 22.6. The fourth-order valence-corrected chi connectivity index (χ4v) is 6.11. The molecule has 184 valence electrons. The quantitative estimate of drug-likeness (QED) is 0.565. The molecule has 2 saturated carbocycles. The predicted octanol–water partition coefficient (Wildman–Crippen LogP) is 4.60. The number of ether oxygens (including phenoxy) is 1. The van der Waals surface area contributed by atoms with Gasteiger partial charge >= 0.3 is 12.1 Å². The van der Waals surface area contributed by atoms with Gasteiger partial charge in [-0.25, -0.2) is 9.59 Å². The van der Waals surface area contributed by atoms with Crippen LogP contribution in [0.4, 0.5) is 4.79 Å². The van der Waals surface area contributed by atoms with Gasteiger partial charge in [0.1, 0.15) is 12.1 Å². The molecule has 3 aliphatic carbocycles. The summed E-state index contributed by atoms with van der Waals surface area (Å²) in [5, 5.41) is 15.5. The average Bonchev–Trinajstić information content (AvgIpc) is 3.47. The number of amides is 2. The maximum Gasteiger partial charge on any atom is 0.407 e. The van der Waals surface area contributed by atoms with Crippen molar-refractivity contribution in [2.45, 2.75) is 68.9 Å². The molecular weight excluding hydrogens is 444 g/mol. The van der Waals surface area contributed by atoms with Gasteiger partial charge in [-0.15, -0.1) is 0 Å². The molecule has 2 aromatic carbocycles. The number of alkyl carbamates (subject to hydrolysis) is 1. The smallest absolute Gasteiger partial charge is 0.407 e. The number of hydrogen-bond donors (Lipinski definition) is 3. The van der Waals surface area contributed by atoms with Crippen molar-refractivity contribution in [1.82, 2.24) is 10.6 Å². The van der Waals surface area contributed by atoms with E-state index in [1.165, 1.54) is 11.1 Å². The van der Waals surface area contributed by atoms with E-state index in [4.69, 9.17) is 4.74 Å². The Labute approximate surface area is 205 Å². The van der Waals surface area contributed by atoms with Crippen molar-refractivity contribution in [2.75, 3.05) is 6.61 Å². The van der Waals surface area contributed by atoms with Crippen molar-refractivity contribution in [3.63, 3.8) is 0 Å².